The maximum atomic E-state index is 13.1. The molecule has 0 fully saturated rings. The lowest BCUT2D eigenvalue weighted by molar-refractivity contribution is 0.304. The predicted molar refractivity (Wildman–Crippen MR) is 61.9 cm³/mol. The molecule has 17 heavy (non-hydrogen) atoms. The summed E-state index contributed by atoms with van der Waals surface area (Å²) in [6.07, 6.45) is 0. The minimum absolute atomic E-state index is 0.282. The van der Waals surface area contributed by atoms with Crippen LogP contribution in [0.15, 0.2) is 42.5 Å². The van der Waals surface area contributed by atoms with E-state index < -0.39 is 0 Å². The van der Waals surface area contributed by atoms with Crippen molar-refractivity contribution in [2.75, 3.05) is 0 Å². The first-order valence-electron chi connectivity index (χ1n) is 5.28. The molecule has 0 saturated heterocycles. The molecule has 3 heteroatoms. The van der Waals surface area contributed by atoms with Crippen LogP contribution >= 0.6 is 0 Å². The van der Waals surface area contributed by atoms with Gasteiger partial charge < -0.3 is 4.74 Å². The molecule has 0 aromatic heterocycles. The van der Waals surface area contributed by atoms with E-state index in [0.717, 1.165) is 11.1 Å². The zero-order chi connectivity index (χ0) is 12.3. The Morgan fingerprint density at radius 3 is 2.29 bits per heavy atom. The average Bonchev–Trinajstić information content (AvgIpc) is 2.27. The highest BCUT2D eigenvalue weighted by Crippen LogP contribution is 2.17. The zero-order valence-electron chi connectivity index (χ0n) is 9.41. The van der Waals surface area contributed by atoms with E-state index in [9.17, 15) is 8.78 Å². The molecule has 0 saturated carbocycles. The molecule has 0 atom stereocenters. The highest BCUT2D eigenvalue weighted by atomic mass is 19.1. The molecule has 0 aliphatic heterocycles. The SMILES string of the molecule is Cc1cc(F)cc(OCc2ccc(F)cc2)c1. The summed E-state index contributed by atoms with van der Waals surface area (Å²) in [6.45, 7) is 2.09. The number of aryl methyl sites for hydroxylation is 1. The molecule has 0 aliphatic rings. The molecular weight excluding hydrogens is 222 g/mol. The summed E-state index contributed by atoms with van der Waals surface area (Å²) >= 11 is 0. The number of ether oxygens (including phenoxy) is 1. The van der Waals surface area contributed by atoms with Gasteiger partial charge in [0.2, 0.25) is 0 Å². The van der Waals surface area contributed by atoms with Crippen LogP contribution in [-0.2, 0) is 6.61 Å². The Bertz CT molecular complexity index is 486. The van der Waals surface area contributed by atoms with Crippen molar-refractivity contribution in [3.8, 4) is 5.75 Å². The topological polar surface area (TPSA) is 9.23 Å². The molecule has 0 radical (unpaired) electrons. The van der Waals surface area contributed by atoms with Gasteiger partial charge in [-0.1, -0.05) is 12.1 Å². The fourth-order valence-electron chi connectivity index (χ4n) is 1.53. The van der Waals surface area contributed by atoms with Crippen molar-refractivity contribution in [2.45, 2.75) is 13.5 Å². The Kier molecular flexibility index (Phi) is 3.38. The second-order valence-corrected chi connectivity index (χ2v) is 3.88. The van der Waals surface area contributed by atoms with E-state index in [1.54, 1.807) is 25.1 Å². The van der Waals surface area contributed by atoms with Crippen molar-refractivity contribution in [2.24, 2.45) is 0 Å². The molecule has 0 aliphatic carbocycles. The van der Waals surface area contributed by atoms with E-state index in [1.807, 2.05) is 0 Å². The van der Waals surface area contributed by atoms with Crippen LogP contribution in [0.25, 0.3) is 0 Å². The van der Waals surface area contributed by atoms with E-state index in [0.29, 0.717) is 12.4 Å². The number of rotatable bonds is 3. The highest BCUT2D eigenvalue weighted by molar-refractivity contribution is 5.29. The fraction of sp³-hybridized carbons (Fsp3) is 0.143. The van der Waals surface area contributed by atoms with Crippen LogP contribution in [0.4, 0.5) is 8.78 Å². The summed E-state index contributed by atoms with van der Waals surface area (Å²) in [5.74, 6) is -0.124. The monoisotopic (exact) mass is 234 g/mol. The van der Waals surface area contributed by atoms with Gasteiger partial charge in [-0.2, -0.15) is 0 Å². The molecule has 0 unspecified atom stereocenters. The van der Waals surface area contributed by atoms with Gasteiger partial charge in [0.05, 0.1) is 0 Å². The first kappa shape index (κ1) is 11.6. The Labute approximate surface area is 98.7 Å². The van der Waals surface area contributed by atoms with E-state index in [4.69, 9.17) is 4.74 Å². The van der Waals surface area contributed by atoms with Crippen LogP contribution in [0.5, 0.6) is 5.75 Å². The molecule has 1 nitrogen and oxygen atoms in total. The molecule has 0 bridgehead atoms. The lowest BCUT2D eigenvalue weighted by Gasteiger charge is -2.07. The average molecular weight is 234 g/mol. The van der Waals surface area contributed by atoms with Gasteiger partial charge in [-0.05, 0) is 42.3 Å². The lowest BCUT2D eigenvalue weighted by atomic mass is 10.2. The molecule has 0 amide bonds. The Morgan fingerprint density at radius 2 is 1.65 bits per heavy atom. The molecule has 0 spiro atoms. The number of hydrogen-bond acceptors (Lipinski definition) is 1. The normalized spacial score (nSPS) is 10.3. The van der Waals surface area contributed by atoms with Gasteiger partial charge in [-0.25, -0.2) is 8.78 Å². The Hall–Kier alpha value is -1.90. The molecule has 0 heterocycles. The smallest absolute Gasteiger partial charge is 0.127 e. The van der Waals surface area contributed by atoms with Gasteiger partial charge in [-0.15, -0.1) is 0 Å². The largest absolute Gasteiger partial charge is 0.489 e. The standard InChI is InChI=1S/C14H12F2O/c1-10-6-13(16)8-14(7-10)17-9-11-2-4-12(15)5-3-11/h2-8H,9H2,1H3. The molecule has 2 aromatic rings. The van der Waals surface area contributed by atoms with Crippen molar-refractivity contribution < 1.29 is 13.5 Å². The fourth-order valence-corrected chi connectivity index (χ4v) is 1.53. The van der Waals surface area contributed by atoms with E-state index in [-0.39, 0.29) is 11.6 Å². The summed E-state index contributed by atoms with van der Waals surface area (Å²) in [7, 11) is 0. The number of benzene rings is 2. The van der Waals surface area contributed by atoms with Gasteiger partial charge in [0, 0.05) is 6.07 Å². The third-order valence-electron chi connectivity index (χ3n) is 2.33. The van der Waals surface area contributed by atoms with Crippen LogP contribution in [0.2, 0.25) is 0 Å². The van der Waals surface area contributed by atoms with Crippen molar-refractivity contribution in [3.05, 3.63) is 65.2 Å². The van der Waals surface area contributed by atoms with Crippen molar-refractivity contribution >= 4 is 0 Å². The van der Waals surface area contributed by atoms with Gasteiger partial charge in [0.1, 0.15) is 24.0 Å². The molecule has 2 rings (SSSR count). The molecule has 2 aromatic carbocycles. The molecular formula is C14H12F2O. The zero-order valence-corrected chi connectivity index (χ0v) is 9.41. The quantitative estimate of drug-likeness (QED) is 0.783. The highest BCUT2D eigenvalue weighted by Gasteiger charge is 2.00. The number of halogens is 2. The summed E-state index contributed by atoms with van der Waals surface area (Å²) < 4.78 is 31.2. The van der Waals surface area contributed by atoms with Gasteiger partial charge in [-0.3, -0.25) is 0 Å². The first-order valence-corrected chi connectivity index (χ1v) is 5.28. The maximum absolute atomic E-state index is 13.1. The van der Waals surface area contributed by atoms with E-state index in [2.05, 4.69) is 0 Å². The second-order valence-electron chi connectivity index (χ2n) is 3.88. The minimum Gasteiger partial charge on any atom is -0.489 e. The van der Waals surface area contributed by atoms with Crippen molar-refractivity contribution in [3.63, 3.8) is 0 Å². The summed E-state index contributed by atoms with van der Waals surface area (Å²) in [6, 6.07) is 10.5. The van der Waals surface area contributed by atoms with E-state index in [1.165, 1.54) is 24.3 Å². The first-order chi connectivity index (χ1) is 8.13. The second kappa shape index (κ2) is 4.95. The summed E-state index contributed by atoms with van der Waals surface area (Å²) in [4.78, 5) is 0. The Morgan fingerprint density at radius 1 is 0.941 bits per heavy atom. The van der Waals surface area contributed by atoms with Crippen LogP contribution in [0.3, 0.4) is 0 Å². The van der Waals surface area contributed by atoms with Crippen LogP contribution in [0, 0.1) is 18.6 Å². The summed E-state index contributed by atoms with van der Waals surface area (Å²) in [5, 5.41) is 0. The summed E-state index contributed by atoms with van der Waals surface area (Å²) in [5.41, 5.74) is 1.65. The molecule has 0 N–H and O–H groups in total. The van der Waals surface area contributed by atoms with Crippen LogP contribution in [0.1, 0.15) is 11.1 Å². The van der Waals surface area contributed by atoms with Crippen LogP contribution in [-0.4, -0.2) is 0 Å². The Balaban J connectivity index is 2.04. The van der Waals surface area contributed by atoms with Crippen molar-refractivity contribution in [1.29, 1.82) is 0 Å². The van der Waals surface area contributed by atoms with Crippen LogP contribution < -0.4 is 4.74 Å². The number of hydrogen-bond donors (Lipinski definition) is 0. The molecule has 88 valence electrons. The van der Waals surface area contributed by atoms with Gasteiger partial charge in [0.25, 0.3) is 0 Å². The third kappa shape index (κ3) is 3.28. The minimum atomic E-state index is -0.320. The van der Waals surface area contributed by atoms with Gasteiger partial charge >= 0.3 is 0 Å². The van der Waals surface area contributed by atoms with Crippen molar-refractivity contribution in [1.82, 2.24) is 0 Å². The third-order valence-corrected chi connectivity index (χ3v) is 2.33. The predicted octanol–water partition coefficient (Wildman–Crippen LogP) is 3.85. The lowest BCUT2D eigenvalue weighted by Crippen LogP contribution is -1.96. The van der Waals surface area contributed by atoms with E-state index >= 15 is 0 Å². The maximum Gasteiger partial charge on any atom is 0.127 e. The van der Waals surface area contributed by atoms with Gasteiger partial charge in [0.15, 0.2) is 0 Å².